The third-order valence-electron chi connectivity index (χ3n) is 8.50. The molecule has 7 heteroatoms. The Morgan fingerprint density at radius 3 is 1.68 bits per heavy atom. The summed E-state index contributed by atoms with van der Waals surface area (Å²) < 4.78 is 6.03. The lowest BCUT2D eigenvalue weighted by Gasteiger charge is -2.32. The first-order valence-corrected chi connectivity index (χ1v) is 18.5. The van der Waals surface area contributed by atoms with E-state index in [1.165, 1.54) is 0 Å². The van der Waals surface area contributed by atoms with Gasteiger partial charge in [0, 0.05) is 34.7 Å². The summed E-state index contributed by atoms with van der Waals surface area (Å²) in [7, 11) is 0. The van der Waals surface area contributed by atoms with Gasteiger partial charge in [0.25, 0.3) is 5.91 Å². The van der Waals surface area contributed by atoms with Gasteiger partial charge in [-0.25, -0.2) is 0 Å². The third kappa shape index (κ3) is 15.6. The Labute approximate surface area is 304 Å². The predicted molar refractivity (Wildman–Crippen MR) is 207 cm³/mol. The fraction of sp³-hybridized carbons (Fsp3) is 0.419. The van der Waals surface area contributed by atoms with Gasteiger partial charge in [-0.15, -0.1) is 0 Å². The van der Waals surface area contributed by atoms with E-state index in [4.69, 9.17) is 16.3 Å². The van der Waals surface area contributed by atoms with Crippen LogP contribution in [0.15, 0.2) is 109 Å². The van der Waals surface area contributed by atoms with Crippen molar-refractivity contribution in [2.24, 2.45) is 0 Å². The van der Waals surface area contributed by atoms with Crippen molar-refractivity contribution in [3.63, 3.8) is 0 Å². The van der Waals surface area contributed by atoms with E-state index in [-0.39, 0.29) is 29.7 Å². The summed E-state index contributed by atoms with van der Waals surface area (Å²) in [6, 6.07) is 13.7. The molecule has 0 radical (unpaired) electrons. The average molecular weight is 699 g/mol. The lowest BCUT2D eigenvalue weighted by atomic mass is 9.90. The van der Waals surface area contributed by atoms with Crippen LogP contribution in [0, 0.1) is 0 Å². The summed E-state index contributed by atoms with van der Waals surface area (Å²) >= 11 is 5.93. The number of carbonyl (C=O) groups is 3. The first-order valence-electron chi connectivity index (χ1n) is 18.1. The van der Waals surface area contributed by atoms with Gasteiger partial charge in [-0.1, -0.05) is 79.3 Å². The van der Waals surface area contributed by atoms with E-state index in [1.807, 2.05) is 0 Å². The third-order valence-corrected chi connectivity index (χ3v) is 8.75. The van der Waals surface area contributed by atoms with Crippen molar-refractivity contribution in [3.8, 4) is 5.75 Å². The molecule has 2 amide bonds. The van der Waals surface area contributed by atoms with Gasteiger partial charge in [0.15, 0.2) is 11.4 Å². The Morgan fingerprint density at radius 2 is 1.16 bits per heavy atom. The number of benzene rings is 2. The molecule has 1 aliphatic rings. The second-order valence-electron chi connectivity index (χ2n) is 13.2. The van der Waals surface area contributed by atoms with E-state index in [1.54, 1.807) is 62.4 Å². The zero-order valence-corrected chi connectivity index (χ0v) is 30.8. The molecule has 50 heavy (non-hydrogen) atoms. The van der Waals surface area contributed by atoms with Crippen LogP contribution in [0.1, 0.15) is 114 Å². The van der Waals surface area contributed by atoms with Crippen LogP contribution in [0.4, 0.5) is 0 Å². The number of amides is 2. The first kappa shape index (κ1) is 40.3. The molecule has 2 aromatic carbocycles. The molecule has 1 aliphatic carbocycles. The number of ketones is 1. The summed E-state index contributed by atoms with van der Waals surface area (Å²) in [5.41, 5.74) is -0.0248. The molecule has 268 valence electrons. The second kappa shape index (κ2) is 22.5. The number of hydrogen-bond acceptors (Lipinski definition) is 4. The van der Waals surface area contributed by atoms with E-state index in [0.29, 0.717) is 28.3 Å². The summed E-state index contributed by atoms with van der Waals surface area (Å²) in [5, 5.41) is 6.89. The zero-order valence-electron chi connectivity index (χ0n) is 30.0. The zero-order chi connectivity index (χ0) is 36.0. The van der Waals surface area contributed by atoms with Crippen molar-refractivity contribution in [1.29, 1.82) is 0 Å². The monoisotopic (exact) mass is 698 g/mol. The van der Waals surface area contributed by atoms with Crippen molar-refractivity contribution in [2.45, 2.75) is 116 Å². The Bertz CT molecular complexity index is 1480. The van der Waals surface area contributed by atoms with Gasteiger partial charge in [-0.05, 0) is 133 Å². The second-order valence-corrected chi connectivity index (χ2v) is 13.6. The van der Waals surface area contributed by atoms with Gasteiger partial charge in [-0.2, -0.15) is 0 Å². The maximum atomic E-state index is 13.1. The topological polar surface area (TPSA) is 84.5 Å². The van der Waals surface area contributed by atoms with Gasteiger partial charge in [0.1, 0.15) is 5.75 Å². The van der Waals surface area contributed by atoms with Crippen molar-refractivity contribution >= 4 is 29.2 Å². The highest BCUT2D eigenvalue weighted by molar-refractivity contribution is 6.30. The summed E-state index contributed by atoms with van der Waals surface area (Å²) in [6.45, 7) is 5.62. The maximum Gasteiger partial charge on any atom is 0.263 e. The van der Waals surface area contributed by atoms with Crippen LogP contribution in [0.5, 0.6) is 5.75 Å². The molecular weight excluding hydrogens is 644 g/mol. The number of ether oxygens (including phenoxy) is 1. The highest BCUT2D eigenvalue weighted by Gasteiger charge is 2.33. The molecule has 1 fully saturated rings. The first-order chi connectivity index (χ1) is 24.2. The van der Waals surface area contributed by atoms with Crippen LogP contribution in [0.25, 0.3) is 0 Å². The molecule has 0 atom stereocenters. The molecule has 0 heterocycles. The fourth-order valence-electron chi connectivity index (χ4n) is 5.57. The van der Waals surface area contributed by atoms with Crippen molar-refractivity contribution in [2.75, 3.05) is 0 Å². The number of halogens is 1. The van der Waals surface area contributed by atoms with Crippen LogP contribution in [0.3, 0.4) is 0 Å². The van der Waals surface area contributed by atoms with E-state index >= 15 is 0 Å². The normalized spacial score (nSPS) is 17.0. The van der Waals surface area contributed by atoms with Gasteiger partial charge in [0.05, 0.1) is 0 Å². The highest BCUT2D eigenvalue weighted by Crippen LogP contribution is 2.24. The van der Waals surface area contributed by atoms with Crippen LogP contribution in [0.2, 0.25) is 5.02 Å². The number of rotatable bonds is 20. The molecule has 3 rings (SSSR count). The molecule has 0 unspecified atom stereocenters. The minimum atomic E-state index is -1.10. The van der Waals surface area contributed by atoms with Crippen LogP contribution < -0.4 is 15.4 Å². The lowest BCUT2D eigenvalue weighted by molar-refractivity contribution is -0.135. The van der Waals surface area contributed by atoms with Crippen LogP contribution in [-0.4, -0.2) is 35.3 Å². The van der Waals surface area contributed by atoms with E-state index < -0.39 is 5.60 Å². The maximum absolute atomic E-state index is 13.1. The summed E-state index contributed by atoms with van der Waals surface area (Å²) in [4.78, 5) is 38.4. The Kier molecular flexibility index (Phi) is 18.2. The number of carbonyl (C=O) groups excluding carboxylic acids is 3. The molecular formula is C43H55ClN2O4. The molecule has 6 nitrogen and oxygen atoms in total. The van der Waals surface area contributed by atoms with Gasteiger partial charge in [0.2, 0.25) is 5.91 Å². The molecule has 0 aliphatic heterocycles. The smallest absolute Gasteiger partial charge is 0.263 e. The predicted octanol–water partition coefficient (Wildman–Crippen LogP) is 10.2. The molecule has 0 saturated heterocycles. The van der Waals surface area contributed by atoms with Crippen molar-refractivity contribution in [1.82, 2.24) is 10.6 Å². The number of unbranched alkanes of at least 4 members (excludes halogenated alkanes) is 1. The summed E-state index contributed by atoms with van der Waals surface area (Å²) in [5.74, 6) is 0.297. The molecule has 1 saturated carbocycles. The molecule has 2 aromatic rings. The molecule has 2 N–H and O–H groups in total. The molecule has 0 bridgehead atoms. The fourth-order valence-corrected chi connectivity index (χ4v) is 5.70. The van der Waals surface area contributed by atoms with Crippen LogP contribution >= 0.6 is 11.6 Å². The Morgan fingerprint density at radius 1 is 0.700 bits per heavy atom. The van der Waals surface area contributed by atoms with E-state index in [2.05, 4.69) is 78.3 Å². The number of nitrogens with one attached hydrogen (secondary N) is 2. The minimum Gasteiger partial charge on any atom is -0.478 e. The SMILES string of the molecule is CCC=CCC=CCC=CCC=CCC=CCCCC(=O)NC1CCC(NC(=O)C(C)(C)Oc2ccc(C(=O)c3ccc(Cl)cc3)cc2)CC1. The van der Waals surface area contributed by atoms with E-state index in [0.717, 1.165) is 70.6 Å². The van der Waals surface area contributed by atoms with Gasteiger partial charge in [-0.3, -0.25) is 14.4 Å². The quantitative estimate of drug-likeness (QED) is 0.0819. The van der Waals surface area contributed by atoms with E-state index in [9.17, 15) is 14.4 Å². The summed E-state index contributed by atoms with van der Waals surface area (Å²) in [6.07, 6.45) is 32.3. The van der Waals surface area contributed by atoms with Crippen molar-refractivity contribution < 1.29 is 19.1 Å². The Balaban J connectivity index is 1.25. The highest BCUT2D eigenvalue weighted by atomic mass is 35.5. The van der Waals surface area contributed by atoms with Gasteiger partial charge >= 0.3 is 0 Å². The van der Waals surface area contributed by atoms with Crippen LogP contribution in [-0.2, 0) is 9.59 Å². The lowest BCUT2D eigenvalue weighted by Crippen LogP contribution is -2.51. The largest absolute Gasteiger partial charge is 0.478 e. The minimum absolute atomic E-state index is 0.0354. The number of allylic oxidation sites excluding steroid dienone is 10. The standard InChI is InChI=1S/C43H55ClN2O4/c1-4-5-6-7-8-9-10-11-12-13-14-15-16-17-18-19-20-21-40(47)45-37-28-30-38(31-29-37)46-42(49)43(2,3)50-39-32-24-35(25-33-39)41(48)34-22-26-36(44)27-23-34/h5-6,8-9,11-12,14-15,17-18,22-27,32-33,37-38H,4,7,10,13,16,19-21,28-31H2,1-3H3,(H,45,47)(H,46,49). The Hall–Kier alpha value is -4.16. The van der Waals surface area contributed by atoms with Gasteiger partial charge < -0.3 is 15.4 Å². The average Bonchev–Trinajstić information content (AvgIpc) is 3.10. The molecule has 0 spiro atoms. The van der Waals surface area contributed by atoms with Crippen molar-refractivity contribution in [3.05, 3.63) is 125 Å². The number of hydrogen-bond donors (Lipinski definition) is 2. The molecule has 0 aromatic heterocycles.